The van der Waals surface area contributed by atoms with Gasteiger partial charge in [0.25, 0.3) is 0 Å². The maximum Gasteiger partial charge on any atom is 0.341 e. The first kappa shape index (κ1) is 19.7. The molecule has 3 aromatic carbocycles. The van der Waals surface area contributed by atoms with Crippen LogP contribution < -0.4 is 4.74 Å². The summed E-state index contributed by atoms with van der Waals surface area (Å²) >= 11 is 0. The highest BCUT2D eigenvalue weighted by molar-refractivity contribution is 5.78. The van der Waals surface area contributed by atoms with Crippen molar-refractivity contribution in [3.8, 4) is 16.9 Å². The number of fused-ring (bicyclic) bond motifs is 3. The van der Waals surface area contributed by atoms with Gasteiger partial charge in [0.05, 0.1) is 0 Å². The normalized spacial score (nSPS) is 12.5. The summed E-state index contributed by atoms with van der Waals surface area (Å²) in [5.41, 5.74) is 6.30. The minimum Gasteiger partial charge on any atom is -0.482 e. The molecule has 0 bridgehead atoms. The molecular formula is C25H23NO4. The summed E-state index contributed by atoms with van der Waals surface area (Å²) in [6.07, 6.45) is 3.16. The number of oxime groups is 1. The van der Waals surface area contributed by atoms with Crippen LogP contribution in [0.25, 0.3) is 11.1 Å². The van der Waals surface area contributed by atoms with Crippen molar-refractivity contribution in [1.29, 1.82) is 0 Å². The second kappa shape index (κ2) is 9.27. The number of hydrogen-bond donors (Lipinski definition) is 1. The van der Waals surface area contributed by atoms with Gasteiger partial charge in [-0.1, -0.05) is 65.8 Å². The van der Waals surface area contributed by atoms with Gasteiger partial charge in [0.15, 0.2) is 6.61 Å². The van der Waals surface area contributed by atoms with Crippen LogP contribution in [0.2, 0.25) is 0 Å². The van der Waals surface area contributed by atoms with E-state index in [4.69, 9.17) is 14.7 Å². The molecule has 0 aliphatic heterocycles. The third-order valence-corrected chi connectivity index (χ3v) is 5.20. The second-order valence-corrected chi connectivity index (χ2v) is 7.17. The van der Waals surface area contributed by atoms with Crippen molar-refractivity contribution in [2.45, 2.75) is 18.8 Å². The molecule has 0 amide bonds. The SMILES string of the molecule is O=C(O)COc1cccc(C/C=N/OCCC2c3ccccc3-c3ccccc32)c1. The molecule has 0 radical (unpaired) electrons. The maximum absolute atomic E-state index is 10.6. The topological polar surface area (TPSA) is 68.1 Å². The molecule has 30 heavy (non-hydrogen) atoms. The lowest BCUT2D eigenvalue weighted by Crippen LogP contribution is -2.09. The average Bonchev–Trinajstić information content (AvgIpc) is 3.09. The van der Waals surface area contributed by atoms with E-state index in [1.807, 2.05) is 12.1 Å². The number of ether oxygens (including phenoxy) is 1. The van der Waals surface area contributed by atoms with Crippen LogP contribution in [0.5, 0.6) is 5.75 Å². The first-order chi connectivity index (χ1) is 14.7. The standard InChI is InChI=1S/C25H23NO4/c27-25(28)17-29-19-7-5-6-18(16-19)12-14-26-30-15-13-24-22-10-3-1-8-20(22)21-9-2-4-11-23(21)24/h1-11,14,16,24H,12-13,15,17H2,(H,27,28)/b26-14+. The number of benzene rings is 3. The van der Waals surface area contributed by atoms with Crippen LogP contribution in [0.1, 0.15) is 29.0 Å². The Morgan fingerprint density at radius 1 is 0.967 bits per heavy atom. The molecule has 0 heterocycles. The lowest BCUT2D eigenvalue weighted by molar-refractivity contribution is -0.139. The number of nitrogens with zero attached hydrogens (tertiary/aromatic N) is 1. The summed E-state index contributed by atoms with van der Waals surface area (Å²) in [5, 5.41) is 12.8. The van der Waals surface area contributed by atoms with E-state index in [1.165, 1.54) is 22.3 Å². The first-order valence-electron chi connectivity index (χ1n) is 9.98. The minimum atomic E-state index is -0.997. The highest BCUT2D eigenvalue weighted by atomic mass is 16.6. The van der Waals surface area contributed by atoms with Crippen molar-refractivity contribution in [3.05, 3.63) is 89.5 Å². The quantitative estimate of drug-likeness (QED) is 0.315. The zero-order valence-electron chi connectivity index (χ0n) is 16.5. The molecule has 1 N–H and O–H groups in total. The molecule has 0 aromatic heterocycles. The molecule has 0 saturated heterocycles. The zero-order valence-corrected chi connectivity index (χ0v) is 16.5. The molecule has 0 atom stereocenters. The van der Waals surface area contributed by atoms with E-state index in [0.717, 1.165) is 12.0 Å². The number of carbonyl (C=O) groups is 1. The van der Waals surface area contributed by atoms with Crippen molar-refractivity contribution in [3.63, 3.8) is 0 Å². The number of hydrogen-bond acceptors (Lipinski definition) is 4. The van der Waals surface area contributed by atoms with E-state index in [1.54, 1.807) is 18.3 Å². The van der Waals surface area contributed by atoms with Crippen molar-refractivity contribution < 1.29 is 19.5 Å². The minimum absolute atomic E-state index is 0.329. The number of carboxylic acids is 1. The third-order valence-electron chi connectivity index (χ3n) is 5.20. The van der Waals surface area contributed by atoms with E-state index in [0.29, 0.717) is 24.7 Å². The van der Waals surface area contributed by atoms with Gasteiger partial charge in [-0.2, -0.15) is 0 Å². The molecule has 0 saturated carbocycles. The highest BCUT2D eigenvalue weighted by Crippen LogP contribution is 2.45. The van der Waals surface area contributed by atoms with Gasteiger partial charge in [-0.05, 0) is 46.4 Å². The predicted octanol–water partition coefficient (Wildman–Crippen LogP) is 4.90. The molecule has 0 unspecified atom stereocenters. The Labute approximate surface area is 175 Å². The van der Waals surface area contributed by atoms with E-state index in [2.05, 4.69) is 53.7 Å². The van der Waals surface area contributed by atoms with Gasteiger partial charge >= 0.3 is 5.97 Å². The van der Waals surface area contributed by atoms with Gasteiger partial charge in [0.1, 0.15) is 12.4 Å². The van der Waals surface area contributed by atoms with Crippen LogP contribution in [0.3, 0.4) is 0 Å². The summed E-state index contributed by atoms with van der Waals surface area (Å²) < 4.78 is 5.19. The molecule has 0 fully saturated rings. The summed E-state index contributed by atoms with van der Waals surface area (Å²) in [6, 6.07) is 24.4. The van der Waals surface area contributed by atoms with Crippen molar-refractivity contribution >= 4 is 12.2 Å². The molecule has 1 aliphatic carbocycles. The second-order valence-electron chi connectivity index (χ2n) is 7.17. The van der Waals surface area contributed by atoms with Crippen molar-refractivity contribution in [1.82, 2.24) is 0 Å². The Balaban J connectivity index is 1.29. The molecule has 1 aliphatic rings. The summed E-state index contributed by atoms with van der Waals surface area (Å²) in [6.45, 7) is 0.180. The van der Waals surface area contributed by atoms with E-state index >= 15 is 0 Å². The van der Waals surface area contributed by atoms with Crippen LogP contribution in [0.15, 0.2) is 78.0 Å². The molecule has 5 heteroatoms. The Kier molecular flexibility index (Phi) is 6.09. The third kappa shape index (κ3) is 4.51. The Bertz CT molecular complexity index is 1010. The molecule has 4 rings (SSSR count). The van der Waals surface area contributed by atoms with Gasteiger partial charge < -0.3 is 14.7 Å². The van der Waals surface area contributed by atoms with Crippen LogP contribution >= 0.6 is 0 Å². The lowest BCUT2D eigenvalue weighted by atomic mass is 9.94. The Hall–Kier alpha value is -3.60. The summed E-state index contributed by atoms with van der Waals surface area (Å²) in [4.78, 5) is 16.1. The molecule has 5 nitrogen and oxygen atoms in total. The van der Waals surface area contributed by atoms with Gasteiger partial charge in [0.2, 0.25) is 0 Å². The average molecular weight is 401 g/mol. The monoisotopic (exact) mass is 401 g/mol. The smallest absolute Gasteiger partial charge is 0.341 e. The molecule has 152 valence electrons. The first-order valence-corrected chi connectivity index (χ1v) is 9.98. The van der Waals surface area contributed by atoms with E-state index < -0.39 is 5.97 Å². The summed E-state index contributed by atoms with van der Waals surface area (Å²) in [7, 11) is 0. The molecule has 3 aromatic rings. The predicted molar refractivity (Wildman–Crippen MR) is 116 cm³/mol. The fraction of sp³-hybridized carbons (Fsp3) is 0.200. The van der Waals surface area contributed by atoms with Crippen LogP contribution in [0, 0.1) is 0 Å². The lowest BCUT2D eigenvalue weighted by Gasteiger charge is -2.12. The fourth-order valence-corrected chi connectivity index (χ4v) is 3.90. The van der Waals surface area contributed by atoms with Crippen molar-refractivity contribution in [2.75, 3.05) is 13.2 Å². The number of rotatable bonds is 9. The highest BCUT2D eigenvalue weighted by Gasteiger charge is 2.27. The van der Waals surface area contributed by atoms with Gasteiger partial charge in [-0.25, -0.2) is 4.79 Å². The zero-order chi connectivity index (χ0) is 20.8. The van der Waals surface area contributed by atoms with E-state index in [9.17, 15) is 4.79 Å². The Morgan fingerprint density at radius 2 is 1.67 bits per heavy atom. The molecular weight excluding hydrogens is 378 g/mol. The molecule has 0 spiro atoms. The maximum atomic E-state index is 10.6. The summed E-state index contributed by atoms with van der Waals surface area (Å²) in [5.74, 6) is -0.138. The number of carboxylic acid groups (broad SMARTS) is 1. The van der Waals surface area contributed by atoms with Crippen LogP contribution in [-0.4, -0.2) is 30.5 Å². The van der Waals surface area contributed by atoms with Gasteiger partial charge in [-0.3, -0.25) is 0 Å². The van der Waals surface area contributed by atoms with Gasteiger partial charge in [-0.15, -0.1) is 0 Å². The Morgan fingerprint density at radius 3 is 2.37 bits per heavy atom. The van der Waals surface area contributed by atoms with Gasteiger partial charge in [0, 0.05) is 18.6 Å². The largest absolute Gasteiger partial charge is 0.482 e. The van der Waals surface area contributed by atoms with Crippen LogP contribution in [-0.2, 0) is 16.1 Å². The van der Waals surface area contributed by atoms with Crippen LogP contribution in [0.4, 0.5) is 0 Å². The fourth-order valence-electron chi connectivity index (χ4n) is 3.90. The van der Waals surface area contributed by atoms with E-state index in [-0.39, 0.29) is 6.61 Å². The number of aliphatic carboxylic acids is 1. The van der Waals surface area contributed by atoms with Crippen molar-refractivity contribution in [2.24, 2.45) is 5.16 Å².